The fourth-order valence-electron chi connectivity index (χ4n) is 2.75. The monoisotopic (exact) mass is 349 g/mol. The molecule has 6 nitrogen and oxygen atoms in total. The SMILES string of the molecule is Cc1cnn2c(=O)c(-c3cnn(CC4CC4)c3)c(C(F)(F)F)nc2c1. The number of rotatable bonds is 3. The maximum atomic E-state index is 13.5. The highest BCUT2D eigenvalue weighted by Crippen LogP contribution is 2.35. The lowest BCUT2D eigenvalue weighted by Gasteiger charge is -2.12. The molecule has 0 radical (unpaired) electrons. The summed E-state index contributed by atoms with van der Waals surface area (Å²) in [7, 11) is 0. The standard InChI is InChI=1S/C16H14F3N5O/c1-9-4-12-22-14(16(17,18)19)13(15(25)24(12)21-5-9)11-6-20-23(8-11)7-10-2-3-10/h4-6,8,10H,2-3,7H2,1H3. The van der Waals surface area contributed by atoms with Gasteiger partial charge in [0.1, 0.15) is 0 Å². The van der Waals surface area contributed by atoms with Crippen molar-refractivity contribution in [2.75, 3.05) is 0 Å². The van der Waals surface area contributed by atoms with Gasteiger partial charge in [-0.15, -0.1) is 0 Å². The first kappa shape index (κ1) is 15.8. The molecule has 0 bridgehead atoms. The predicted octanol–water partition coefficient (Wildman–Crippen LogP) is 2.69. The van der Waals surface area contributed by atoms with Crippen molar-refractivity contribution in [1.82, 2.24) is 24.4 Å². The van der Waals surface area contributed by atoms with Crippen molar-refractivity contribution in [1.29, 1.82) is 0 Å². The van der Waals surface area contributed by atoms with Crippen LogP contribution in [0.1, 0.15) is 24.1 Å². The number of aryl methyl sites for hydroxylation is 1. The first-order valence-corrected chi connectivity index (χ1v) is 7.82. The van der Waals surface area contributed by atoms with Crippen LogP contribution in [-0.4, -0.2) is 24.4 Å². The maximum absolute atomic E-state index is 13.5. The Balaban J connectivity index is 1.94. The van der Waals surface area contributed by atoms with Crippen LogP contribution in [0.5, 0.6) is 0 Å². The second-order valence-corrected chi connectivity index (χ2v) is 6.34. The lowest BCUT2D eigenvalue weighted by Crippen LogP contribution is -2.25. The zero-order valence-corrected chi connectivity index (χ0v) is 13.3. The van der Waals surface area contributed by atoms with Gasteiger partial charge in [-0.3, -0.25) is 9.48 Å². The minimum absolute atomic E-state index is 0.0993. The van der Waals surface area contributed by atoms with E-state index >= 15 is 0 Å². The number of hydrogen-bond acceptors (Lipinski definition) is 4. The van der Waals surface area contributed by atoms with Crippen LogP contribution in [0.2, 0.25) is 0 Å². The zero-order chi connectivity index (χ0) is 17.8. The van der Waals surface area contributed by atoms with Gasteiger partial charge in [0.15, 0.2) is 11.3 Å². The molecule has 3 aromatic heterocycles. The van der Waals surface area contributed by atoms with Crippen LogP contribution in [0, 0.1) is 12.8 Å². The first-order valence-electron chi connectivity index (χ1n) is 7.82. The van der Waals surface area contributed by atoms with Gasteiger partial charge in [-0.1, -0.05) is 0 Å². The molecule has 9 heteroatoms. The molecule has 0 N–H and O–H groups in total. The largest absolute Gasteiger partial charge is 0.434 e. The van der Waals surface area contributed by atoms with Crippen LogP contribution in [0.4, 0.5) is 13.2 Å². The summed E-state index contributed by atoms with van der Waals surface area (Å²) >= 11 is 0. The fraction of sp³-hybridized carbons (Fsp3) is 0.375. The van der Waals surface area contributed by atoms with Gasteiger partial charge in [0, 0.05) is 18.3 Å². The summed E-state index contributed by atoms with van der Waals surface area (Å²) in [4.78, 5) is 16.3. The quantitative estimate of drug-likeness (QED) is 0.729. The van der Waals surface area contributed by atoms with Crippen LogP contribution >= 0.6 is 0 Å². The Morgan fingerprint density at radius 2 is 2.00 bits per heavy atom. The van der Waals surface area contributed by atoms with Crippen molar-refractivity contribution in [2.24, 2.45) is 5.92 Å². The summed E-state index contributed by atoms with van der Waals surface area (Å²) in [6, 6.07) is 1.39. The van der Waals surface area contributed by atoms with E-state index in [4.69, 9.17) is 0 Å². The van der Waals surface area contributed by atoms with E-state index in [1.165, 1.54) is 24.7 Å². The lowest BCUT2D eigenvalue weighted by molar-refractivity contribution is -0.140. The zero-order valence-electron chi connectivity index (χ0n) is 13.3. The third-order valence-electron chi connectivity index (χ3n) is 4.15. The highest BCUT2D eigenvalue weighted by Gasteiger charge is 2.38. The van der Waals surface area contributed by atoms with Gasteiger partial charge in [-0.25, -0.2) is 4.98 Å². The summed E-state index contributed by atoms with van der Waals surface area (Å²) in [6.45, 7) is 2.31. The molecule has 1 aliphatic carbocycles. The molecule has 1 fully saturated rings. The van der Waals surface area contributed by atoms with Gasteiger partial charge < -0.3 is 0 Å². The second-order valence-electron chi connectivity index (χ2n) is 6.34. The van der Waals surface area contributed by atoms with Crippen molar-refractivity contribution in [2.45, 2.75) is 32.5 Å². The minimum Gasteiger partial charge on any atom is -0.272 e. The van der Waals surface area contributed by atoms with Gasteiger partial charge in [-0.05, 0) is 37.3 Å². The van der Waals surface area contributed by atoms with Gasteiger partial charge in [0.25, 0.3) is 5.56 Å². The van der Waals surface area contributed by atoms with Gasteiger partial charge in [-0.2, -0.15) is 27.9 Å². The van der Waals surface area contributed by atoms with E-state index in [0.29, 0.717) is 18.0 Å². The molecule has 0 amide bonds. The van der Waals surface area contributed by atoms with E-state index in [0.717, 1.165) is 17.4 Å². The molecular weight excluding hydrogens is 335 g/mol. The van der Waals surface area contributed by atoms with Crippen molar-refractivity contribution in [3.8, 4) is 11.1 Å². The molecule has 4 rings (SSSR count). The third kappa shape index (κ3) is 2.90. The van der Waals surface area contributed by atoms with E-state index in [9.17, 15) is 18.0 Å². The molecule has 1 saturated carbocycles. The van der Waals surface area contributed by atoms with Gasteiger partial charge in [0.2, 0.25) is 0 Å². The summed E-state index contributed by atoms with van der Waals surface area (Å²) < 4.78 is 43.0. The summed E-state index contributed by atoms with van der Waals surface area (Å²) in [5.74, 6) is 0.510. The van der Waals surface area contributed by atoms with E-state index in [2.05, 4.69) is 15.2 Å². The first-order chi connectivity index (χ1) is 11.8. The Hall–Kier alpha value is -2.71. The van der Waals surface area contributed by atoms with Crippen LogP contribution in [-0.2, 0) is 12.7 Å². The number of nitrogens with zero attached hydrogens (tertiary/aromatic N) is 5. The molecule has 0 aliphatic heterocycles. The smallest absolute Gasteiger partial charge is 0.272 e. The summed E-state index contributed by atoms with van der Waals surface area (Å²) in [5, 5.41) is 7.99. The predicted molar refractivity (Wildman–Crippen MR) is 82.9 cm³/mol. The Labute approximate surface area is 139 Å². The molecule has 0 saturated heterocycles. The van der Waals surface area contributed by atoms with Crippen molar-refractivity contribution < 1.29 is 13.2 Å². The van der Waals surface area contributed by atoms with E-state index in [1.807, 2.05) is 0 Å². The van der Waals surface area contributed by atoms with E-state index < -0.39 is 23.0 Å². The van der Waals surface area contributed by atoms with Crippen LogP contribution in [0.3, 0.4) is 0 Å². The van der Waals surface area contributed by atoms with Gasteiger partial charge >= 0.3 is 6.18 Å². The number of fused-ring (bicyclic) bond motifs is 1. The summed E-state index contributed by atoms with van der Waals surface area (Å²) in [5.41, 5.74) is -2.01. The van der Waals surface area contributed by atoms with Crippen LogP contribution in [0.15, 0.2) is 29.5 Å². The Morgan fingerprint density at radius 1 is 1.24 bits per heavy atom. The molecular formula is C16H14F3N5O. The molecule has 0 aromatic carbocycles. The Morgan fingerprint density at radius 3 is 2.68 bits per heavy atom. The normalized spacial score (nSPS) is 15.0. The molecule has 3 aromatic rings. The van der Waals surface area contributed by atoms with E-state index in [1.54, 1.807) is 11.6 Å². The third-order valence-corrected chi connectivity index (χ3v) is 4.15. The average Bonchev–Trinajstić information content (AvgIpc) is 3.22. The lowest BCUT2D eigenvalue weighted by atomic mass is 10.1. The fourth-order valence-corrected chi connectivity index (χ4v) is 2.75. The second kappa shape index (κ2) is 5.40. The highest BCUT2D eigenvalue weighted by molar-refractivity contribution is 5.66. The van der Waals surface area contributed by atoms with Crippen LogP contribution < -0.4 is 5.56 Å². The molecule has 25 heavy (non-hydrogen) atoms. The number of aromatic nitrogens is 5. The maximum Gasteiger partial charge on any atom is 0.434 e. The molecule has 1 aliphatic rings. The number of halogens is 3. The molecule has 130 valence electrons. The number of hydrogen-bond donors (Lipinski definition) is 0. The average molecular weight is 349 g/mol. The number of alkyl halides is 3. The van der Waals surface area contributed by atoms with Crippen molar-refractivity contribution >= 4 is 5.65 Å². The Bertz CT molecular complexity index is 1020. The topological polar surface area (TPSA) is 65.1 Å². The van der Waals surface area contributed by atoms with Crippen LogP contribution in [0.25, 0.3) is 16.8 Å². The highest BCUT2D eigenvalue weighted by atomic mass is 19.4. The van der Waals surface area contributed by atoms with Crippen molar-refractivity contribution in [3.05, 3.63) is 46.3 Å². The minimum atomic E-state index is -4.76. The summed E-state index contributed by atoms with van der Waals surface area (Å²) in [6.07, 6.45) is 1.57. The van der Waals surface area contributed by atoms with Gasteiger partial charge in [0.05, 0.1) is 18.0 Å². The Kier molecular flexibility index (Phi) is 3.41. The molecule has 0 atom stereocenters. The van der Waals surface area contributed by atoms with E-state index in [-0.39, 0.29) is 11.2 Å². The van der Waals surface area contributed by atoms with Crippen molar-refractivity contribution in [3.63, 3.8) is 0 Å². The molecule has 3 heterocycles. The molecule has 0 unspecified atom stereocenters. The molecule has 0 spiro atoms.